The van der Waals surface area contributed by atoms with Crippen molar-refractivity contribution in [1.82, 2.24) is 4.90 Å². The average molecular weight is 705 g/mol. The van der Waals surface area contributed by atoms with Gasteiger partial charge in [-0.05, 0) is 105 Å². The van der Waals surface area contributed by atoms with Crippen molar-refractivity contribution in [1.29, 1.82) is 0 Å². The number of nitrogens with zero attached hydrogens (tertiary/aromatic N) is 2. The minimum absolute atomic E-state index is 0.120. The number of carbonyl (C=O) groups excluding carboxylic acids is 1. The zero-order valence-electron chi connectivity index (χ0n) is 30.9. The van der Waals surface area contributed by atoms with Gasteiger partial charge >= 0.3 is 6.09 Å². The summed E-state index contributed by atoms with van der Waals surface area (Å²) in [6.45, 7) is 11.0. The molecule has 51 heavy (non-hydrogen) atoms. The van der Waals surface area contributed by atoms with Crippen LogP contribution < -0.4 is 9.47 Å². The van der Waals surface area contributed by atoms with Gasteiger partial charge in [0.05, 0.1) is 25.3 Å². The average Bonchev–Trinajstić information content (AvgIpc) is 3.13. The van der Waals surface area contributed by atoms with Crippen LogP contribution in [0, 0.1) is 31.6 Å². The normalized spacial score (nSPS) is 25.6. The van der Waals surface area contributed by atoms with Crippen molar-refractivity contribution in [3.05, 3.63) is 77.4 Å². The third-order valence-electron chi connectivity index (χ3n) is 10.8. The Morgan fingerprint density at radius 2 is 1.76 bits per heavy atom. The summed E-state index contributed by atoms with van der Waals surface area (Å²) >= 11 is 0. The van der Waals surface area contributed by atoms with Crippen molar-refractivity contribution in [3.63, 3.8) is 0 Å². The fourth-order valence-corrected chi connectivity index (χ4v) is 8.47. The summed E-state index contributed by atoms with van der Waals surface area (Å²) in [5.74, 6) is 0.564. The van der Waals surface area contributed by atoms with Crippen molar-refractivity contribution in [2.75, 3.05) is 40.6 Å². The maximum atomic E-state index is 13.6. The number of aryl methyl sites for hydroxylation is 2. The Labute approximate surface area is 303 Å². The Kier molecular flexibility index (Phi) is 13.2. The second kappa shape index (κ2) is 17.6. The maximum absolute atomic E-state index is 13.6. The molecule has 2 N–H and O–H groups in total. The van der Waals surface area contributed by atoms with E-state index in [4.69, 9.17) is 23.8 Å². The van der Waals surface area contributed by atoms with Crippen LogP contribution in [0.4, 0.5) is 4.79 Å². The Morgan fingerprint density at radius 3 is 2.43 bits per heavy atom. The minimum Gasteiger partial charge on any atom is -0.459 e. The molecule has 0 saturated heterocycles. The van der Waals surface area contributed by atoms with Crippen LogP contribution in [0.5, 0.6) is 17.2 Å². The number of carbonyl (C=O) groups is 1. The molecule has 0 aromatic heterocycles. The molecule has 0 bridgehead atoms. The number of benzene rings is 2. The SMILES string of the molecule is C=CCO[C@@]12Oc3ccc(Oc4ccc(C)c(C)c4)cc3[C@H]3[C@H](CCCCO)[C@@H](CCCCO)C=C(C(=NOC)C[C@@H]1N(CCC)C(=O)OC)[C@H]32. The summed E-state index contributed by atoms with van der Waals surface area (Å²) in [4.78, 5) is 20.8. The first-order chi connectivity index (χ1) is 24.8. The van der Waals surface area contributed by atoms with Gasteiger partial charge in [0.15, 0.2) is 0 Å². The van der Waals surface area contributed by atoms with E-state index >= 15 is 0 Å². The second-order valence-corrected chi connectivity index (χ2v) is 14.0. The van der Waals surface area contributed by atoms with E-state index in [0.29, 0.717) is 43.7 Å². The number of ether oxygens (including phenoxy) is 4. The number of unbranched alkanes of at least 4 members (excludes halogenated alkanes) is 2. The maximum Gasteiger partial charge on any atom is 0.409 e. The van der Waals surface area contributed by atoms with Gasteiger partial charge in [-0.25, -0.2) is 4.79 Å². The highest BCUT2D eigenvalue weighted by molar-refractivity contribution is 6.02. The van der Waals surface area contributed by atoms with Gasteiger partial charge in [-0.15, -0.1) is 6.58 Å². The number of aliphatic hydroxyl groups excluding tert-OH is 2. The summed E-state index contributed by atoms with van der Waals surface area (Å²) < 4.78 is 25.9. The largest absolute Gasteiger partial charge is 0.459 e. The topological polar surface area (TPSA) is 119 Å². The summed E-state index contributed by atoms with van der Waals surface area (Å²) in [5.41, 5.74) is 5.08. The number of hydrogen-bond donors (Lipinski definition) is 2. The number of fused-ring (bicyclic) bond motifs is 2. The van der Waals surface area contributed by atoms with E-state index in [1.807, 2.05) is 31.2 Å². The smallest absolute Gasteiger partial charge is 0.409 e. The van der Waals surface area contributed by atoms with E-state index in [1.54, 1.807) is 18.1 Å². The fourth-order valence-electron chi connectivity index (χ4n) is 8.47. The van der Waals surface area contributed by atoms with E-state index in [0.717, 1.165) is 53.8 Å². The van der Waals surface area contributed by atoms with Crippen LogP contribution >= 0.6 is 0 Å². The first-order valence-electron chi connectivity index (χ1n) is 18.5. The highest BCUT2D eigenvalue weighted by atomic mass is 16.7. The first-order valence-corrected chi connectivity index (χ1v) is 18.5. The van der Waals surface area contributed by atoms with Crippen LogP contribution in [0.2, 0.25) is 0 Å². The van der Waals surface area contributed by atoms with E-state index in [2.05, 4.69) is 43.8 Å². The monoisotopic (exact) mass is 704 g/mol. The molecule has 5 rings (SSSR count). The fraction of sp³-hybridized carbons (Fsp3) is 0.561. The van der Waals surface area contributed by atoms with Crippen molar-refractivity contribution < 1.29 is 38.8 Å². The van der Waals surface area contributed by atoms with E-state index in [9.17, 15) is 15.0 Å². The molecule has 1 aliphatic heterocycles. The summed E-state index contributed by atoms with van der Waals surface area (Å²) in [6, 6.07) is 11.5. The molecular weight excluding hydrogens is 648 g/mol. The molecule has 6 atom stereocenters. The van der Waals surface area contributed by atoms with Gasteiger partial charge in [-0.3, -0.25) is 4.90 Å². The van der Waals surface area contributed by atoms with Gasteiger partial charge in [0.1, 0.15) is 30.4 Å². The van der Waals surface area contributed by atoms with Gasteiger partial charge in [-0.2, -0.15) is 0 Å². The van der Waals surface area contributed by atoms with Crippen LogP contribution in [0.1, 0.15) is 80.9 Å². The van der Waals surface area contributed by atoms with Gasteiger partial charge in [-0.1, -0.05) is 43.1 Å². The molecule has 2 aromatic carbocycles. The van der Waals surface area contributed by atoms with Gasteiger partial charge in [0, 0.05) is 37.7 Å². The van der Waals surface area contributed by atoms with Crippen LogP contribution in [0.3, 0.4) is 0 Å². The van der Waals surface area contributed by atoms with Crippen LogP contribution in [0.15, 0.2) is 65.9 Å². The quantitative estimate of drug-likeness (QED) is 0.0972. The molecular formula is C41H56N2O8. The molecule has 0 unspecified atom stereocenters. The number of oxime groups is 1. The lowest BCUT2D eigenvalue weighted by molar-refractivity contribution is -0.255. The van der Waals surface area contributed by atoms with Crippen LogP contribution in [-0.2, 0) is 14.3 Å². The molecule has 3 aliphatic rings. The lowest BCUT2D eigenvalue weighted by Gasteiger charge is -2.59. The van der Waals surface area contributed by atoms with Gasteiger partial charge in [0.25, 0.3) is 0 Å². The first kappa shape index (κ1) is 38.4. The lowest BCUT2D eigenvalue weighted by atomic mass is 9.55. The van der Waals surface area contributed by atoms with Crippen molar-refractivity contribution in [3.8, 4) is 17.2 Å². The molecule has 10 nitrogen and oxygen atoms in total. The number of aliphatic hydroxyl groups is 2. The molecule has 1 amide bonds. The van der Waals surface area contributed by atoms with E-state index < -0.39 is 17.9 Å². The Hall–Kier alpha value is -3.86. The Bertz CT molecular complexity index is 1570. The molecule has 0 spiro atoms. The third kappa shape index (κ3) is 7.98. The zero-order valence-corrected chi connectivity index (χ0v) is 30.9. The minimum atomic E-state index is -1.31. The van der Waals surface area contributed by atoms with Crippen molar-refractivity contribution in [2.45, 2.75) is 89.9 Å². The predicted octanol–water partition coefficient (Wildman–Crippen LogP) is 7.84. The zero-order chi connectivity index (χ0) is 36.5. The van der Waals surface area contributed by atoms with E-state index in [1.165, 1.54) is 12.7 Å². The van der Waals surface area contributed by atoms with E-state index in [-0.39, 0.29) is 43.5 Å². The van der Waals surface area contributed by atoms with Gasteiger partial charge < -0.3 is 34.0 Å². The number of hydrogen-bond acceptors (Lipinski definition) is 9. The predicted molar refractivity (Wildman–Crippen MR) is 197 cm³/mol. The summed E-state index contributed by atoms with van der Waals surface area (Å²) in [5, 5.41) is 24.2. The van der Waals surface area contributed by atoms with Gasteiger partial charge in [0.2, 0.25) is 5.79 Å². The van der Waals surface area contributed by atoms with Crippen molar-refractivity contribution >= 4 is 11.8 Å². The highest BCUT2D eigenvalue weighted by Crippen LogP contribution is 2.62. The highest BCUT2D eigenvalue weighted by Gasteiger charge is 2.65. The molecule has 2 aromatic rings. The Balaban J connectivity index is 1.76. The number of amides is 1. The molecule has 278 valence electrons. The second-order valence-electron chi connectivity index (χ2n) is 14.0. The van der Waals surface area contributed by atoms with Crippen molar-refractivity contribution in [2.24, 2.45) is 22.9 Å². The number of allylic oxidation sites excluding steroid dienone is 1. The molecule has 0 radical (unpaired) electrons. The van der Waals surface area contributed by atoms with Crippen LogP contribution in [-0.4, -0.2) is 79.3 Å². The lowest BCUT2D eigenvalue weighted by Crippen LogP contribution is -2.70. The molecule has 1 fully saturated rings. The number of methoxy groups -OCH3 is 1. The standard InChI is InChI=1S/C41H56N2O8/c1-7-19-43(40(46)47-5)37-26-35(42-48-6)33-24-29(13-9-11-20-44)32(14-10-12-21-45)38-34-25-31(50-30-16-15-27(3)28(4)23-30)17-18-36(34)51-41(37,39(33)38)49-22-8-2/h8,15-18,23-25,29,32,37-39,44-45H,2,7,9-14,19-22,26H2,1,3-6H3/t29-,32+,37-,38+,39+,41+/m0/s1. The molecule has 1 saturated carbocycles. The molecule has 2 aliphatic carbocycles. The summed E-state index contributed by atoms with van der Waals surface area (Å²) in [7, 11) is 2.94. The summed E-state index contributed by atoms with van der Waals surface area (Å²) in [6.07, 6.45) is 9.44. The number of rotatable bonds is 17. The molecule has 10 heteroatoms. The Morgan fingerprint density at radius 1 is 1.04 bits per heavy atom. The third-order valence-corrected chi connectivity index (χ3v) is 10.8. The molecule has 1 heterocycles. The van der Waals surface area contributed by atoms with Crippen LogP contribution in [0.25, 0.3) is 0 Å².